The summed E-state index contributed by atoms with van der Waals surface area (Å²) >= 11 is 0. The predicted octanol–water partition coefficient (Wildman–Crippen LogP) is 3.46. The first-order valence-electron chi connectivity index (χ1n) is 9.46. The molecule has 1 amide bonds. The molecule has 5 nitrogen and oxygen atoms in total. The van der Waals surface area contributed by atoms with Gasteiger partial charge in [0.15, 0.2) is 5.96 Å². The van der Waals surface area contributed by atoms with E-state index in [4.69, 9.17) is 0 Å². The Bertz CT molecular complexity index is 528. The van der Waals surface area contributed by atoms with E-state index in [-0.39, 0.29) is 5.91 Å². The van der Waals surface area contributed by atoms with Crippen molar-refractivity contribution in [2.75, 3.05) is 20.6 Å². The van der Waals surface area contributed by atoms with Crippen LogP contribution < -0.4 is 16.0 Å². The average molecular weight is 347 g/mol. The Kier molecular flexibility index (Phi) is 11.2. The van der Waals surface area contributed by atoms with Gasteiger partial charge in [0.1, 0.15) is 0 Å². The Labute approximate surface area is 152 Å². The summed E-state index contributed by atoms with van der Waals surface area (Å²) < 4.78 is 0. The monoisotopic (exact) mass is 346 g/mol. The lowest BCUT2D eigenvalue weighted by molar-refractivity contribution is 0.0963. The third-order valence-electron chi connectivity index (χ3n) is 4.17. The SMILES string of the molecule is CCCCCCCCCNC(=NC)NCc1cccc(C(=O)NC)c1. The van der Waals surface area contributed by atoms with Gasteiger partial charge in [0, 0.05) is 32.7 Å². The number of rotatable bonds is 11. The second-order valence-electron chi connectivity index (χ2n) is 6.25. The van der Waals surface area contributed by atoms with Gasteiger partial charge in [-0.25, -0.2) is 0 Å². The third kappa shape index (κ3) is 9.13. The van der Waals surface area contributed by atoms with Crippen LogP contribution in [0.1, 0.15) is 67.8 Å². The normalized spacial score (nSPS) is 11.2. The molecular formula is C20H34N4O. The summed E-state index contributed by atoms with van der Waals surface area (Å²) in [6.07, 6.45) is 9.12. The van der Waals surface area contributed by atoms with Crippen molar-refractivity contribution in [1.29, 1.82) is 0 Å². The molecule has 0 radical (unpaired) electrons. The molecule has 0 unspecified atom stereocenters. The van der Waals surface area contributed by atoms with Crippen LogP contribution in [0.5, 0.6) is 0 Å². The molecule has 1 aromatic carbocycles. The van der Waals surface area contributed by atoms with E-state index in [9.17, 15) is 4.79 Å². The van der Waals surface area contributed by atoms with Crippen LogP contribution in [0.2, 0.25) is 0 Å². The summed E-state index contributed by atoms with van der Waals surface area (Å²) in [6.45, 7) is 3.82. The van der Waals surface area contributed by atoms with Gasteiger partial charge in [0.2, 0.25) is 0 Å². The van der Waals surface area contributed by atoms with E-state index in [1.807, 2.05) is 24.3 Å². The van der Waals surface area contributed by atoms with Crippen molar-refractivity contribution >= 4 is 11.9 Å². The molecule has 25 heavy (non-hydrogen) atoms. The fraction of sp³-hybridized carbons (Fsp3) is 0.600. The maximum atomic E-state index is 11.7. The van der Waals surface area contributed by atoms with E-state index in [1.165, 1.54) is 44.9 Å². The van der Waals surface area contributed by atoms with Crippen LogP contribution in [0.3, 0.4) is 0 Å². The second-order valence-corrected chi connectivity index (χ2v) is 6.25. The van der Waals surface area contributed by atoms with Gasteiger partial charge < -0.3 is 16.0 Å². The van der Waals surface area contributed by atoms with Crippen LogP contribution in [0.4, 0.5) is 0 Å². The largest absolute Gasteiger partial charge is 0.356 e. The molecule has 0 aliphatic carbocycles. The highest BCUT2D eigenvalue weighted by Gasteiger charge is 2.04. The summed E-state index contributed by atoms with van der Waals surface area (Å²) in [6, 6.07) is 7.62. The van der Waals surface area contributed by atoms with Crippen molar-refractivity contribution in [1.82, 2.24) is 16.0 Å². The highest BCUT2D eigenvalue weighted by Crippen LogP contribution is 2.06. The number of amides is 1. The standard InChI is InChI=1S/C20H34N4O/c1-4-5-6-7-8-9-10-14-23-20(22-3)24-16-17-12-11-13-18(15-17)19(25)21-2/h11-13,15H,4-10,14,16H2,1-3H3,(H,21,25)(H2,22,23,24). The molecule has 140 valence electrons. The molecule has 5 heteroatoms. The van der Waals surface area contributed by atoms with Gasteiger partial charge in [-0.05, 0) is 24.1 Å². The van der Waals surface area contributed by atoms with Gasteiger partial charge in [0.05, 0.1) is 0 Å². The van der Waals surface area contributed by atoms with Gasteiger partial charge in [-0.1, -0.05) is 57.6 Å². The molecule has 0 fully saturated rings. The van der Waals surface area contributed by atoms with Crippen LogP contribution in [-0.2, 0) is 6.54 Å². The van der Waals surface area contributed by atoms with Crippen molar-refractivity contribution in [3.05, 3.63) is 35.4 Å². The van der Waals surface area contributed by atoms with Gasteiger partial charge in [0.25, 0.3) is 5.91 Å². The van der Waals surface area contributed by atoms with Crippen molar-refractivity contribution in [3.8, 4) is 0 Å². The molecule has 0 heterocycles. The molecule has 0 spiro atoms. The van der Waals surface area contributed by atoms with Gasteiger partial charge >= 0.3 is 0 Å². The number of unbranched alkanes of at least 4 members (excludes halogenated alkanes) is 6. The van der Waals surface area contributed by atoms with Crippen LogP contribution in [-0.4, -0.2) is 32.5 Å². The van der Waals surface area contributed by atoms with E-state index in [1.54, 1.807) is 14.1 Å². The Morgan fingerprint density at radius 2 is 1.76 bits per heavy atom. The number of aliphatic imine (C=N–C) groups is 1. The Morgan fingerprint density at radius 1 is 1.04 bits per heavy atom. The summed E-state index contributed by atoms with van der Waals surface area (Å²) in [5.41, 5.74) is 1.73. The smallest absolute Gasteiger partial charge is 0.251 e. The average Bonchev–Trinajstić information content (AvgIpc) is 2.65. The number of hydrogen-bond donors (Lipinski definition) is 3. The number of nitrogens with zero attached hydrogens (tertiary/aromatic N) is 1. The molecule has 0 bridgehead atoms. The lowest BCUT2D eigenvalue weighted by Crippen LogP contribution is -2.37. The number of nitrogens with one attached hydrogen (secondary N) is 3. The maximum absolute atomic E-state index is 11.7. The number of carbonyl (C=O) groups is 1. The lowest BCUT2D eigenvalue weighted by atomic mass is 10.1. The first-order chi connectivity index (χ1) is 12.2. The van der Waals surface area contributed by atoms with Crippen LogP contribution in [0.15, 0.2) is 29.3 Å². The fourth-order valence-corrected chi connectivity index (χ4v) is 2.66. The Morgan fingerprint density at radius 3 is 2.44 bits per heavy atom. The quantitative estimate of drug-likeness (QED) is 0.327. The van der Waals surface area contributed by atoms with E-state index >= 15 is 0 Å². The first kappa shape index (κ1) is 21.0. The van der Waals surface area contributed by atoms with Crippen LogP contribution in [0.25, 0.3) is 0 Å². The zero-order valence-corrected chi connectivity index (χ0v) is 16.0. The minimum absolute atomic E-state index is 0.0664. The molecule has 1 rings (SSSR count). The van der Waals surface area contributed by atoms with E-state index in [0.717, 1.165) is 18.1 Å². The zero-order chi connectivity index (χ0) is 18.3. The minimum atomic E-state index is -0.0664. The second kappa shape index (κ2) is 13.3. The number of guanidine groups is 1. The number of carbonyl (C=O) groups excluding carboxylic acids is 1. The Hall–Kier alpha value is -2.04. The van der Waals surface area contributed by atoms with Crippen molar-refractivity contribution < 1.29 is 4.79 Å². The molecule has 1 aromatic rings. The highest BCUT2D eigenvalue weighted by atomic mass is 16.1. The minimum Gasteiger partial charge on any atom is -0.356 e. The predicted molar refractivity (Wildman–Crippen MR) is 106 cm³/mol. The van der Waals surface area contributed by atoms with Crippen LogP contribution in [0, 0.1) is 0 Å². The summed E-state index contributed by atoms with van der Waals surface area (Å²) in [4.78, 5) is 15.9. The van der Waals surface area contributed by atoms with Crippen molar-refractivity contribution in [3.63, 3.8) is 0 Å². The Balaban J connectivity index is 2.25. The highest BCUT2D eigenvalue weighted by molar-refractivity contribution is 5.94. The van der Waals surface area contributed by atoms with E-state index < -0.39 is 0 Å². The molecule has 0 atom stereocenters. The van der Waals surface area contributed by atoms with E-state index in [0.29, 0.717) is 12.1 Å². The topological polar surface area (TPSA) is 65.5 Å². The number of hydrogen-bond acceptors (Lipinski definition) is 2. The lowest BCUT2D eigenvalue weighted by Gasteiger charge is -2.12. The summed E-state index contributed by atoms with van der Waals surface area (Å²) in [7, 11) is 3.42. The fourth-order valence-electron chi connectivity index (χ4n) is 2.66. The molecular weight excluding hydrogens is 312 g/mol. The van der Waals surface area contributed by atoms with Crippen LogP contribution >= 0.6 is 0 Å². The third-order valence-corrected chi connectivity index (χ3v) is 4.17. The summed E-state index contributed by atoms with van der Waals surface area (Å²) in [5.74, 6) is 0.736. The molecule has 0 aromatic heterocycles. The molecule has 3 N–H and O–H groups in total. The maximum Gasteiger partial charge on any atom is 0.251 e. The first-order valence-corrected chi connectivity index (χ1v) is 9.46. The van der Waals surface area contributed by atoms with Gasteiger partial charge in [-0.2, -0.15) is 0 Å². The molecule has 0 saturated heterocycles. The van der Waals surface area contributed by atoms with Gasteiger partial charge in [-0.15, -0.1) is 0 Å². The molecule has 0 saturated carbocycles. The van der Waals surface area contributed by atoms with E-state index in [2.05, 4.69) is 27.9 Å². The molecule has 0 aliphatic heterocycles. The van der Waals surface area contributed by atoms with Gasteiger partial charge in [-0.3, -0.25) is 9.79 Å². The zero-order valence-electron chi connectivity index (χ0n) is 16.0. The molecule has 0 aliphatic rings. The number of benzene rings is 1. The van der Waals surface area contributed by atoms with Crippen molar-refractivity contribution in [2.24, 2.45) is 4.99 Å². The summed E-state index contributed by atoms with van der Waals surface area (Å²) in [5, 5.41) is 9.29. The van der Waals surface area contributed by atoms with Crippen molar-refractivity contribution in [2.45, 2.75) is 58.4 Å².